The first-order valence-electron chi connectivity index (χ1n) is 23.3. The van der Waals surface area contributed by atoms with Gasteiger partial charge in [-0.3, -0.25) is 19.2 Å². The summed E-state index contributed by atoms with van der Waals surface area (Å²) in [5, 5.41) is 37.7. The Hall–Kier alpha value is -11.4. The van der Waals surface area contributed by atoms with Gasteiger partial charge >= 0.3 is 23.9 Å². The van der Waals surface area contributed by atoms with Crippen molar-refractivity contribution in [2.75, 3.05) is 4.90 Å². The normalized spacial score (nSPS) is 11.4. The second-order valence-corrected chi connectivity index (χ2v) is 17.2. The van der Waals surface area contributed by atoms with Crippen LogP contribution in [-0.4, -0.2) is 44.3 Å². The Morgan fingerprint density at radius 1 is 0.364 bits per heavy atom. The minimum absolute atomic E-state index is 0.423. The number of carboxylic acids is 4. The van der Waals surface area contributed by atoms with Gasteiger partial charge in [-0.1, -0.05) is 139 Å². The standard InChI is InChI=1S/C64H43N5O8/c1-40-7-32-60(41(2)33-40)69(52-28-16-42(17-29-52)34-54(48-20-8-44(9-21-48)36-56(65-3)61(70)71)49-22-10-45(11-23-49)37-57(66-4)62(72)73)53-30-18-43(19-31-53)35-55(50-24-12-46(13-25-50)38-58(67-5)63(74)75)51-26-14-47(15-27-51)39-59(68-6)64(76)77/h7-39H,1-2H3,(H,70,71)(H,72,73)(H,74,75)(H,76,77)/b56-36-,57-37-,58-38-,59-39-. The van der Waals surface area contributed by atoms with Gasteiger partial charge in [-0.25, -0.2) is 19.4 Å². The first kappa shape index (κ1) is 53.4. The van der Waals surface area contributed by atoms with Gasteiger partial charge in [-0.15, -0.1) is 0 Å². The van der Waals surface area contributed by atoms with Crippen molar-refractivity contribution in [3.63, 3.8) is 0 Å². The van der Waals surface area contributed by atoms with Crippen LogP contribution < -0.4 is 4.90 Å². The third-order valence-corrected chi connectivity index (χ3v) is 12.0. The highest BCUT2D eigenvalue weighted by atomic mass is 16.4. The Morgan fingerprint density at radius 2 is 0.610 bits per heavy atom. The molecule has 0 aliphatic carbocycles. The first-order valence-corrected chi connectivity index (χ1v) is 23.3. The monoisotopic (exact) mass is 1010 g/mol. The molecular formula is C64H43N5O8. The van der Waals surface area contributed by atoms with Gasteiger partial charge < -0.3 is 25.3 Å². The summed E-state index contributed by atoms with van der Waals surface area (Å²) in [5.41, 5.74) is 11.5. The van der Waals surface area contributed by atoms with E-state index in [-0.39, 0.29) is 0 Å². The molecule has 0 radical (unpaired) electrons. The molecule has 0 saturated carbocycles. The van der Waals surface area contributed by atoms with Crippen LogP contribution in [0.15, 0.2) is 187 Å². The van der Waals surface area contributed by atoms with E-state index >= 15 is 0 Å². The Bertz CT molecular complexity index is 3410. The van der Waals surface area contributed by atoms with Gasteiger partial charge in [0.15, 0.2) is 0 Å². The number of benzene rings is 7. The zero-order valence-corrected chi connectivity index (χ0v) is 41.2. The summed E-state index contributed by atoms with van der Waals surface area (Å²) < 4.78 is 0. The third-order valence-electron chi connectivity index (χ3n) is 12.0. The molecule has 372 valence electrons. The molecule has 0 unspecified atom stereocenters. The lowest BCUT2D eigenvalue weighted by atomic mass is 9.93. The molecule has 13 heteroatoms. The van der Waals surface area contributed by atoms with Gasteiger partial charge in [0, 0.05) is 17.1 Å². The van der Waals surface area contributed by atoms with E-state index in [9.17, 15) is 39.6 Å². The average molecular weight is 1010 g/mol. The summed E-state index contributed by atoms with van der Waals surface area (Å²) in [5.74, 6) is -5.32. The molecule has 0 fully saturated rings. The van der Waals surface area contributed by atoms with Crippen molar-refractivity contribution in [3.8, 4) is 0 Å². The van der Waals surface area contributed by atoms with E-state index in [2.05, 4.69) is 49.4 Å². The quantitative estimate of drug-likeness (QED) is 0.0394. The molecule has 0 atom stereocenters. The van der Waals surface area contributed by atoms with E-state index in [4.69, 9.17) is 26.3 Å². The number of hydrogen-bond donors (Lipinski definition) is 4. The lowest BCUT2D eigenvalue weighted by Gasteiger charge is -2.27. The van der Waals surface area contributed by atoms with E-state index in [1.165, 1.54) is 24.3 Å². The summed E-state index contributed by atoms with van der Waals surface area (Å²) >= 11 is 0. The van der Waals surface area contributed by atoms with Crippen molar-refractivity contribution < 1.29 is 39.6 Å². The maximum atomic E-state index is 11.6. The summed E-state index contributed by atoms with van der Waals surface area (Å²) in [6.45, 7) is 33.1. The van der Waals surface area contributed by atoms with E-state index in [0.29, 0.717) is 22.3 Å². The molecule has 0 amide bonds. The molecule has 0 aliphatic rings. The van der Waals surface area contributed by atoms with Crippen molar-refractivity contribution in [1.82, 2.24) is 0 Å². The molecule has 0 spiro atoms. The molecule has 0 aromatic heterocycles. The fraction of sp³-hybridized carbons (Fsp3) is 0.0312. The lowest BCUT2D eigenvalue weighted by Crippen LogP contribution is -2.11. The molecule has 0 saturated heterocycles. The zero-order chi connectivity index (χ0) is 55.2. The van der Waals surface area contributed by atoms with Gasteiger partial charge in [0.25, 0.3) is 22.8 Å². The van der Waals surface area contributed by atoms with Gasteiger partial charge in [0.05, 0.1) is 26.3 Å². The minimum atomic E-state index is -1.33. The van der Waals surface area contributed by atoms with Gasteiger partial charge in [0.1, 0.15) is 0 Å². The minimum Gasteiger partial charge on any atom is -0.486 e. The molecule has 7 aromatic rings. The van der Waals surface area contributed by atoms with Crippen LogP contribution in [0, 0.1) is 40.1 Å². The van der Waals surface area contributed by atoms with E-state index in [1.54, 1.807) is 48.5 Å². The topological polar surface area (TPSA) is 170 Å². The molecule has 7 rings (SSSR count). The molecule has 0 bridgehead atoms. The Morgan fingerprint density at radius 3 is 0.844 bits per heavy atom. The summed E-state index contributed by atoms with van der Waals surface area (Å²) in [4.78, 5) is 60.8. The van der Waals surface area contributed by atoms with Crippen LogP contribution >= 0.6 is 0 Å². The van der Waals surface area contributed by atoms with E-state index in [0.717, 1.165) is 72.7 Å². The largest absolute Gasteiger partial charge is 0.486 e. The van der Waals surface area contributed by atoms with Crippen LogP contribution in [0.25, 0.3) is 67.0 Å². The van der Waals surface area contributed by atoms with Crippen molar-refractivity contribution in [3.05, 3.63) is 299 Å². The third kappa shape index (κ3) is 13.4. The number of hydrogen-bond acceptors (Lipinski definition) is 5. The maximum absolute atomic E-state index is 11.6. The van der Waals surface area contributed by atoms with Crippen LogP contribution in [-0.2, 0) is 19.2 Å². The van der Waals surface area contributed by atoms with Gasteiger partial charge in [0.2, 0.25) is 0 Å². The van der Waals surface area contributed by atoms with Crippen molar-refractivity contribution in [2.45, 2.75) is 13.8 Å². The van der Waals surface area contributed by atoms with Crippen LogP contribution in [0.5, 0.6) is 0 Å². The van der Waals surface area contributed by atoms with Gasteiger partial charge in [-0.2, -0.15) is 0 Å². The van der Waals surface area contributed by atoms with E-state index in [1.807, 2.05) is 116 Å². The first-order chi connectivity index (χ1) is 37.1. The number of anilines is 3. The van der Waals surface area contributed by atoms with Crippen molar-refractivity contribution in [1.29, 1.82) is 0 Å². The van der Waals surface area contributed by atoms with Crippen molar-refractivity contribution >= 4 is 88.5 Å². The summed E-state index contributed by atoms with van der Waals surface area (Å²) in [7, 11) is 0. The van der Waals surface area contributed by atoms with Crippen LogP contribution in [0.3, 0.4) is 0 Å². The van der Waals surface area contributed by atoms with Crippen molar-refractivity contribution in [2.24, 2.45) is 0 Å². The highest BCUT2D eigenvalue weighted by molar-refractivity contribution is 5.98. The Balaban J connectivity index is 1.29. The Labute approximate surface area is 444 Å². The number of nitrogens with zero attached hydrogens (tertiary/aromatic N) is 5. The fourth-order valence-electron chi connectivity index (χ4n) is 8.16. The van der Waals surface area contributed by atoms with E-state index < -0.39 is 46.7 Å². The predicted molar refractivity (Wildman–Crippen MR) is 299 cm³/mol. The average Bonchev–Trinajstić information content (AvgIpc) is 3.43. The maximum Gasteiger partial charge on any atom is 0.333 e. The van der Waals surface area contributed by atoms with Crippen LogP contribution in [0.2, 0.25) is 0 Å². The second-order valence-electron chi connectivity index (χ2n) is 17.2. The number of aryl methyl sites for hydroxylation is 2. The molecule has 0 aliphatic heterocycles. The number of rotatable bonds is 17. The number of carbonyl (C=O) groups is 4. The molecule has 77 heavy (non-hydrogen) atoms. The lowest BCUT2D eigenvalue weighted by molar-refractivity contribution is -0.133. The fourth-order valence-corrected chi connectivity index (χ4v) is 8.16. The molecule has 13 nitrogen and oxygen atoms in total. The summed E-state index contributed by atoms with van der Waals surface area (Å²) in [6.07, 6.45) is 9.18. The number of carboxylic acid groups (broad SMARTS) is 4. The predicted octanol–water partition coefficient (Wildman–Crippen LogP) is 14.3. The highest BCUT2D eigenvalue weighted by Crippen LogP contribution is 2.38. The number of aliphatic carboxylic acids is 4. The SMILES string of the molecule is [C-]#[N+]/C(=C\c1ccc(C(=Cc2ccc(N(c3ccc(C=C(c4ccc(/C=C(\[N+]#[C-])C(=O)O)cc4)c4ccc(/C=C(\[N+]#[C-])C(=O)O)cc4)cc3)c3ccc(C)cc3C)cc2)c2ccc(/C=C(\[N+]#[C-])C(=O)O)cc2)cc1)C(=O)O. The summed E-state index contributed by atoms with van der Waals surface area (Å²) in [6, 6.07) is 50.6. The Kier molecular flexibility index (Phi) is 16.9. The van der Waals surface area contributed by atoms with Gasteiger partial charge in [-0.05, 0) is 153 Å². The van der Waals surface area contributed by atoms with Crippen LogP contribution in [0.1, 0.15) is 66.8 Å². The molecule has 4 N–H and O–H groups in total. The molecular weight excluding hydrogens is 967 g/mol. The molecule has 7 aromatic carbocycles. The zero-order valence-electron chi connectivity index (χ0n) is 41.2. The van der Waals surface area contributed by atoms with Crippen LogP contribution in [0.4, 0.5) is 17.1 Å². The highest BCUT2D eigenvalue weighted by Gasteiger charge is 2.17. The molecule has 0 heterocycles. The smallest absolute Gasteiger partial charge is 0.333 e. The second kappa shape index (κ2) is 24.4.